The number of aromatic hydroxyl groups is 1. The molecule has 0 unspecified atom stereocenters. The zero-order chi connectivity index (χ0) is 25.0. The third kappa shape index (κ3) is 3.35. The number of phenols is 1. The number of pyridine rings is 2. The lowest BCUT2D eigenvalue weighted by Gasteiger charge is -2.13. The van der Waals surface area contributed by atoms with E-state index in [4.69, 9.17) is 9.97 Å². The van der Waals surface area contributed by atoms with E-state index >= 15 is 4.39 Å². The van der Waals surface area contributed by atoms with Gasteiger partial charge in [0.05, 0.1) is 11.2 Å². The quantitative estimate of drug-likeness (QED) is 0.317. The molecule has 0 spiro atoms. The number of phenolic OH excluding ortho intramolecular Hbond substituents is 1. The Morgan fingerprint density at radius 2 is 1.78 bits per heavy atom. The fraction of sp³-hybridized carbons (Fsp3) is 0.138. The molecule has 178 valence electrons. The van der Waals surface area contributed by atoms with E-state index in [0.717, 1.165) is 16.6 Å². The molecule has 0 saturated carbocycles. The Bertz CT molecular complexity index is 1870. The number of rotatable bonds is 4. The molecule has 6 aromatic rings. The van der Waals surface area contributed by atoms with Crippen LogP contribution in [-0.4, -0.2) is 24.6 Å². The molecule has 0 fully saturated rings. The van der Waals surface area contributed by atoms with Gasteiger partial charge in [0, 0.05) is 41.7 Å². The van der Waals surface area contributed by atoms with E-state index in [0.29, 0.717) is 51.8 Å². The van der Waals surface area contributed by atoms with Crippen LogP contribution in [0.5, 0.6) is 5.75 Å². The largest absolute Gasteiger partial charge is 0.508 e. The van der Waals surface area contributed by atoms with Crippen LogP contribution in [0.2, 0.25) is 0 Å². The number of H-pyrrole nitrogens is 1. The highest BCUT2D eigenvalue weighted by Gasteiger charge is 2.20. The molecule has 0 atom stereocenters. The molecular formula is C29H23FN4O2. The van der Waals surface area contributed by atoms with Crippen LogP contribution in [0.15, 0.2) is 71.7 Å². The molecule has 0 saturated heterocycles. The average molecular weight is 479 g/mol. The molecule has 2 N–H and O–H groups in total. The highest BCUT2D eigenvalue weighted by Crippen LogP contribution is 2.38. The minimum atomic E-state index is -0.490. The summed E-state index contributed by atoms with van der Waals surface area (Å²) < 4.78 is 17.9. The van der Waals surface area contributed by atoms with Crippen molar-refractivity contribution in [3.05, 3.63) is 88.9 Å². The monoisotopic (exact) mass is 478 g/mol. The van der Waals surface area contributed by atoms with Gasteiger partial charge in [0.15, 0.2) is 5.82 Å². The standard InChI is InChI=1S/C29H23FN4O2/c1-3-23-31-28-21-11-10-20(22-14-18(35)13-16-7-5-6-8-19(16)22)25(30)27(21)33-26(29(28)32-23)17-9-12-24(36)34(4-2)15-17/h5-15,35H,3-4H2,1-2H3,(H,31,32). The summed E-state index contributed by atoms with van der Waals surface area (Å²) in [5, 5.41) is 12.6. The number of fused-ring (bicyclic) bond motifs is 4. The lowest BCUT2D eigenvalue weighted by molar-refractivity contribution is 0.476. The first-order valence-electron chi connectivity index (χ1n) is 11.9. The SMILES string of the molecule is CCc1nc2c([nH]1)c(-c1ccc(=O)n(CC)c1)nc1c(F)c(-c3cc(O)cc4ccccc34)ccc12. The van der Waals surface area contributed by atoms with Gasteiger partial charge in [0.25, 0.3) is 5.56 Å². The Balaban J connectivity index is 1.69. The zero-order valence-electron chi connectivity index (χ0n) is 19.8. The van der Waals surface area contributed by atoms with Crippen molar-refractivity contribution in [2.24, 2.45) is 0 Å². The fourth-order valence-electron chi connectivity index (χ4n) is 4.84. The molecule has 7 heteroatoms. The number of benzene rings is 3. The first kappa shape index (κ1) is 22.0. The second-order valence-electron chi connectivity index (χ2n) is 8.80. The van der Waals surface area contributed by atoms with Crippen LogP contribution in [0, 0.1) is 5.82 Å². The number of nitrogens with zero attached hydrogens (tertiary/aromatic N) is 3. The van der Waals surface area contributed by atoms with Gasteiger partial charge >= 0.3 is 0 Å². The number of hydrogen-bond donors (Lipinski definition) is 2. The predicted molar refractivity (Wildman–Crippen MR) is 141 cm³/mol. The summed E-state index contributed by atoms with van der Waals surface area (Å²) in [4.78, 5) is 25.1. The highest BCUT2D eigenvalue weighted by atomic mass is 19.1. The van der Waals surface area contributed by atoms with Gasteiger partial charge in [-0.3, -0.25) is 4.79 Å². The first-order valence-corrected chi connectivity index (χ1v) is 11.9. The molecule has 36 heavy (non-hydrogen) atoms. The summed E-state index contributed by atoms with van der Waals surface area (Å²) >= 11 is 0. The number of aryl methyl sites for hydroxylation is 2. The van der Waals surface area contributed by atoms with Gasteiger partial charge in [-0.05, 0) is 47.5 Å². The molecule has 0 amide bonds. The van der Waals surface area contributed by atoms with Crippen molar-refractivity contribution in [1.82, 2.24) is 19.5 Å². The third-order valence-corrected chi connectivity index (χ3v) is 6.65. The van der Waals surface area contributed by atoms with Crippen LogP contribution in [0.4, 0.5) is 4.39 Å². The van der Waals surface area contributed by atoms with Crippen molar-refractivity contribution in [2.75, 3.05) is 0 Å². The molecule has 3 heterocycles. The van der Waals surface area contributed by atoms with E-state index in [2.05, 4.69) is 4.98 Å². The maximum atomic E-state index is 16.3. The summed E-state index contributed by atoms with van der Waals surface area (Å²) in [7, 11) is 0. The van der Waals surface area contributed by atoms with Gasteiger partial charge in [-0.1, -0.05) is 37.3 Å². The minimum absolute atomic E-state index is 0.0639. The van der Waals surface area contributed by atoms with E-state index in [1.807, 2.05) is 44.2 Å². The van der Waals surface area contributed by atoms with Gasteiger partial charge < -0.3 is 14.7 Å². The molecule has 0 radical (unpaired) electrons. The molecule has 3 aromatic heterocycles. The number of imidazole rings is 1. The lowest BCUT2D eigenvalue weighted by Crippen LogP contribution is -2.17. The van der Waals surface area contributed by atoms with Gasteiger partial charge in [-0.15, -0.1) is 0 Å². The van der Waals surface area contributed by atoms with Gasteiger partial charge in [0.1, 0.15) is 22.6 Å². The van der Waals surface area contributed by atoms with Gasteiger partial charge in [0.2, 0.25) is 0 Å². The van der Waals surface area contributed by atoms with E-state index in [9.17, 15) is 9.90 Å². The lowest BCUT2D eigenvalue weighted by atomic mass is 9.96. The minimum Gasteiger partial charge on any atom is -0.508 e. The molecule has 0 aliphatic carbocycles. The predicted octanol–water partition coefficient (Wildman–Crippen LogP) is 6.19. The molecule has 0 bridgehead atoms. The second-order valence-corrected chi connectivity index (χ2v) is 8.80. The molecule has 0 aliphatic rings. The Morgan fingerprint density at radius 3 is 2.58 bits per heavy atom. The van der Waals surface area contributed by atoms with Crippen molar-refractivity contribution in [1.29, 1.82) is 0 Å². The van der Waals surface area contributed by atoms with Gasteiger partial charge in [-0.2, -0.15) is 0 Å². The Hall–Kier alpha value is -4.52. The summed E-state index contributed by atoms with van der Waals surface area (Å²) in [6.07, 6.45) is 2.42. The summed E-state index contributed by atoms with van der Waals surface area (Å²) in [5.74, 6) is 0.345. The van der Waals surface area contributed by atoms with E-state index in [1.54, 1.807) is 35.0 Å². The molecular weight excluding hydrogens is 455 g/mol. The van der Waals surface area contributed by atoms with Crippen LogP contribution in [-0.2, 0) is 13.0 Å². The maximum Gasteiger partial charge on any atom is 0.250 e. The smallest absolute Gasteiger partial charge is 0.250 e. The molecule has 3 aromatic carbocycles. The highest BCUT2D eigenvalue weighted by molar-refractivity contribution is 6.09. The van der Waals surface area contributed by atoms with Crippen molar-refractivity contribution >= 4 is 32.7 Å². The first-order chi connectivity index (χ1) is 17.5. The Kier molecular flexibility index (Phi) is 5.07. The zero-order valence-corrected chi connectivity index (χ0v) is 19.8. The van der Waals surface area contributed by atoms with E-state index < -0.39 is 5.82 Å². The van der Waals surface area contributed by atoms with Crippen LogP contribution >= 0.6 is 0 Å². The third-order valence-electron chi connectivity index (χ3n) is 6.65. The maximum absolute atomic E-state index is 16.3. The number of aromatic amines is 1. The van der Waals surface area contributed by atoms with E-state index in [-0.39, 0.29) is 16.8 Å². The van der Waals surface area contributed by atoms with Crippen molar-refractivity contribution in [3.63, 3.8) is 0 Å². The summed E-state index contributed by atoms with van der Waals surface area (Å²) in [6.45, 7) is 4.40. The Labute approximate surface area is 205 Å². The van der Waals surface area contributed by atoms with E-state index in [1.165, 1.54) is 6.07 Å². The normalized spacial score (nSPS) is 11.6. The van der Waals surface area contributed by atoms with Crippen molar-refractivity contribution in [3.8, 4) is 28.1 Å². The Morgan fingerprint density at radius 1 is 0.944 bits per heavy atom. The summed E-state index contributed by atoms with van der Waals surface area (Å²) in [5.41, 5.74) is 3.57. The summed E-state index contributed by atoms with van der Waals surface area (Å²) in [6, 6.07) is 17.6. The van der Waals surface area contributed by atoms with Crippen molar-refractivity contribution < 1.29 is 9.50 Å². The molecule has 6 rings (SSSR count). The second kappa shape index (κ2) is 8.30. The number of halogens is 1. The van der Waals surface area contributed by atoms with Crippen LogP contribution < -0.4 is 5.56 Å². The van der Waals surface area contributed by atoms with Crippen LogP contribution in [0.1, 0.15) is 19.7 Å². The van der Waals surface area contributed by atoms with Gasteiger partial charge in [-0.25, -0.2) is 14.4 Å². The van der Waals surface area contributed by atoms with Crippen LogP contribution in [0.3, 0.4) is 0 Å². The molecule has 0 aliphatic heterocycles. The topological polar surface area (TPSA) is 83.8 Å². The molecule has 6 nitrogen and oxygen atoms in total. The fourth-order valence-corrected chi connectivity index (χ4v) is 4.84. The number of aromatic nitrogens is 4. The van der Waals surface area contributed by atoms with Crippen molar-refractivity contribution in [2.45, 2.75) is 26.8 Å². The average Bonchev–Trinajstić information content (AvgIpc) is 3.33. The number of hydrogen-bond acceptors (Lipinski definition) is 4. The number of nitrogens with one attached hydrogen (secondary N) is 1. The van der Waals surface area contributed by atoms with Crippen LogP contribution in [0.25, 0.3) is 55.1 Å².